The molecule has 7 heteroatoms. The number of methoxy groups -OCH3 is 1. The molecule has 0 aliphatic rings. The Bertz CT molecular complexity index is 1140. The van der Waals surface area contributed by atoms with Crippen molar-refractivity contribution in [3.63, 3.8) is 0 Å². The molecule has 0 aliphatic heterocycles. The Morgan fingerprint density at radius 1 is 1.11 bits per heavy atom. The Labute approximate surface area is 166 Å². The number of aromatic nitrogens is 3. The summed E-state index contributed by atoms with van der Waals surface area (Å²) in [6, 6.07) is 13.4. The van der Waals surface area contributed by atoms with Crippen LogP contribution in [-0.2, 0) is 11.2 Å². The molecule has 0 atom stereocenters. The predicted octanol–water partition coefficient (Wildman–Crippen LogP) is 4.25. The number of nitrogens with zero attached hydrogens (tertiary/aromatic N) is 3. The number of carbonyl (C=O) groups excluding carboxylic acids is 1. The van der Waals surface area contributed by atoms with Gasteiger partial charge in [0.1, 0.15) is 5.75 Å². The fourth-order valence-corrected chi connectivity index (χ4v) is 3.75. The van der Waals surface area contributed by atoms with Crippen molar-refractivity contribution in [1.29, 1.82) is 0 Å². The number of benzene rings is 1. The molecule has 4 aromatic rings. The Kier molecular flexibility index (Phi) is 4.99. The average Bonchev–Trinajstić information content (AvgIpc) is 3.09. The van der Waals surface area contributed by atoms with Gasteiger partial charge in [0.2, 0.25) is 5.91 Å². The molecule has 0 radical (unpaired) electrons. The minimum absolute atomic E-state index is 0.147. The number of pyridine rings is 2. The molecule has 0 spiro atoms. The first-order chi connectivity index (χ1) is 13.6. The molecule has 3 heterocycles. The van der Waals surface area contributed by atoms with E-state index in [0.29, 0.717) is 10.8 Å². The second kappa shape index (κ2) is 7.74. The van der Waals surface area contributed by atoms with Gasteiger partial charge in [0.25, 0.3) is 0 Å². The zero-order valence-corrected chi connectivity index (χ0v) is 16.3. The average molecular weight is 390 g/mol. The normalized spacial score (nSPS) is 10.8. The number of aryl methyl sites for hydroxylation is 1. The van der Waals surface area contributed by atoms with Crippen molar-refractivity contribution in [2.45, 2.75) is 13.3 Å². The third-order valence-corrected chi connectivity index (χ3v) is 5.17. The van der Waals surface area contributed by atoms with Gasteiger partial charge < -0.3 is 10.1 Å². The van der Waals surface area contributed by atoms with Gasteiger partial charge in [-0.25, -0.2) is 4.98 Å². The summed E-state index contributed by atoms with van der Waals surface area (Å²) in [4.78, 5) is 25.4. The van der Waals surface area contributed by atoms with Crippen molar-refractivity contribution in [3.05, 3.63) is 66.2 Å². The van der Waals surface area contributed by atoms with Crippen LogP contribution in [-0.4, -0.2) is 28.0 Å². The lowest BCUT2D eigenvalue weighted by atomic mass is 10.1. The second-order valence-corrected chi connectivity index (χ2v) is 7.33. The van der Waals surface area contributed by atoms with E-state index in [-0.39, 0.29) is 12.3 Å². The molecule has 0 saturated carbocycles. The first-order valence-electron chi connectivity index (χ1n) is 8.73. The van der Waals surface area contributed by atoms with Gasteiger partial charge in [0.05, 0.1) is 23.7 Å². The van der Waals surface area contributed by atoms with E-state index in [1.54, 1.807) is 19.5 Å². The number of carbonyl (C=O) groups is 1. The molecule has 28 heavy (non-hydrogen) atoms. The van der Waals surface area contributed by atoms with Crippen LogP contribution in [0.25, 0.3) is 21.3 Å². The highest BCUT2D eigenvalue weighted by Crippen LogP contribution is 2.29. The van der Waals surface area contributed by atoms with E-state index in [2.05, 4.69) is 20.3 Å². The van der Waals surface area contributed by atoms with Gasteiger partial charge in [0, 0.05) is 29.3 Å². The van der Waals surface area contributed by atoms with Crippen molar-refractivity contribution < 1.29 is 9.53 Å². The van der Waals surface area contributed by atoms with Crippen LogP contribution in [0.5, 0.6) is 5.75 Å². The zero-order valence-electron chi connectivity index (χ0n) is 15.5. The summed E-state index contributed by atoms with van der Waals surface area (Å²) in [5.41, 5.74) is 4.54. The topological polar surface area (TPSA) is 77.0 Å². The highest BCUT2D eigenvalue weighted by Gasteiger charge is 2.10. The number of ether oxygens (including phenoxy) is 1. The Morgan fingerprint density at radius 2 is 2.00 bits per heavy atom. The second-order valence-electron chi connectivity index (χ2n) is 6.30. The van der Waals surface area contributed by atoms with E-state index in [9.17, 15) is 4.79 Å². The molecular formula is C21H18N4O2S. The number of rotatable bonds is 5. The van der Waals surface area contributed by atoms with Crippen LogP contribution in [0, 0.1) is 6.92 Å². The van der Waals surface area contributed by atoms with Crippen molar-refractivity contribution >= 4 is 32.6 Å². The Balaban J connectivity index is 1.43. The molecule has 0 unspecified atom stereocenters. The van der Waals surface area contributed by atoms with Crippen molar-refractivity contribution in [2.75, 3.05) is 12.4 Å². The molecule has 3 aromatic heterocycles. The molecule has 0 saturated heterocycles. The van der Waals surface area contributed by atoms with Crippen molar-refractivity contribution in [3.8, 4) is 16.9 Å². The lowest BCUT2D eigenvalue weighted by Crippen LogP contribution is -2.14. The van der Waals surface area contributed by atoms with Crippen LogP contribution in [0.15, 0.2) is 54.9 Å². The molecule has 1 N–H and O–H groups in total. The lowest BCUT2D eigenvalue weighted by Gasteiger charge is -2.04. The first kappa shape index (κ1) is 18.1. The highest BCUT2D eigenvalue weighted by molar-refractivity contribution is 7.22. The van der Waals surface area contributed by atoms with Crippen LogP contribution in [0.3, 0.4) is 0 Å². The molecule has 0 bridgehead atoms. The molecule has 6 nitrogen and oxygen atoms in total. The number of fused-ring (bicyclic) bond motifs is 1. The van der Waals surface area contributed by atoms with Gasteiger partial charge in [-0.15, -0.1) is 0 Å². The smallest absolute Gasteiger partial charge is 0.232 e. The summed E-state index contributed by atoms with van der Waals surface area (Å²) >= 11 is 1.42. The summed E-state index contributed by atoms with van der Waals surface area (Å²) in [5.74, 6) is 0.619. The predicted molar refractivity (Wildman–Crippen MR) is 111 cm³/mol. The highest BCUT2D eigenvalue weighted by atomic mass is 32.1. The molecule has 140 valence electrons. The van der Waals surface area contributed by atoms with Crippen LogP contribution in [0.1, 0.15) is 11.4 Å². The zero-order chi connectivity index (χ0) is 19.5. The minimum atomic E-state index is -0.147. The fraction of sp³-hybridized carbons (Fsp3) is 0.143. The molecule has 0 fully saturated rings. The monoisotopic (exact) mass is 390 g/mol. The van der Waals surface area contributed by atoms with Gasteiger partial charge in [-0.2, -0.15) is 0 Å². The first-order valence-corrected chi connectivity index (χ1v) is 9.55. The van der Waals surface area contributed by atoms with Gasteiger partial charge in [0.15, 0.2) is 5.13 Å². The summed E-state index contributed by atoms with van der Waals surface area (Å²) in [6.45, 7) is 1.95. The largest absolute Gasteiger partial charge is 0.497 e. The third kappa shape index (κ3) is 3.99. The third-order valence-electron chi connectivity index (χ3n) is 4.24. The molecular weight excluding hydrogens is 372 g/mol. The Morgan fingerprint density at radius 3 is 2.75 bits per heavy atom. The summed E-state index contributed by atoms with van der Waals surface area (Å²) in [5, 5.41) is 3.42. The van der Waals surface area contributed by atoms with E-state index in [1.165, 1.54) is 11.3 Å². The van der Waals surface area contributed by atoms with Crippen molar-refractivity contribution in [1.82, 2.24) is 15.0 Å². The maximum atomic E-state index is 12.4. The summed E-state index contributed by atoms with van der Waals surface area (Å²) in [7, 11) is 1.62. The standard InChI is InChI=1S/C21H18N4O2S/c1-13-9-14(7-8-22-13)15-3-4-16(23-12-15)10-20(26)25-21-24-18-6-5-17(27-2)11-19(18)28-21/h3-9,11-12H,10H2,1-2H3,(H,24,25,26). The van der Waals surface area contributed by atoms with Crippen LogP contribution >= 0.6 is 11.3 Å². The number of thiazole rings is 1. The SMILES string of the molecule is COc1ccc2nc(NC(=O)Cc3ccc(-c4ccnc(C)c4)cn3)sc2c1. The van der Waals surface area contributed by atoms with E-state index in [0.717, 1.165) is 32.8 Å². The maximum absolute atomic E-state index is 12.4. The number of hydrogen-bond donors (Lipinski definition) is 1. The number of hydrogen-bond acceptors (Lipinski definition) is 6. The van der Waals surface area contributed by atoms with Gasteiger partial charge in [-0.05, 0) is 48.9 Å². The molecule has 1 amide bonds. The van der Waals surface area contributed by atoms with Crippen LogP contribution in [0.4, 0.5) is 5.13 Å². The summed E-state index contributed by atoms with van der Waals surface area (Å²) < 4.78 is 6.18. The molecule has 0 aliphatic carbocycles. The van der Waals surface area contributed by atoms with Crippen LogP contribution < -0.4 is 10.1 Å². The van der Waals surface area contributed by atoms with Gasteiger partial charge >= 0.3 is 0 Å². The van der Waals surface area contributed by atoms with Crippen LogP contribution in [0.2, 0.25) is 0 Å². The summed E-state index contributed by atoms with van der Waals surface area (Å²) in [6.07, 6.45) is 3.75. The number of nitrogens with one attached hydrogen (secondary N) is 1. The van der Waals surface area contributed by atoms with E-state index >= 15 is 0 Å². The van der Waals surface area contributed by atoms with E-state index in [1.807, 2.05) is 49.4 Å². The Hall–Kier alpha value is -3.32. The maximum Gasteiger partial charge on any atom is 0.232 e. The van der Waals surface area contributed by atoms with Gasteiger partial charge in [-0.3, -0.25) is 14.8 Å². The quantitative estimate of drug-likeness (QED) is 0.551. The molecule has 4 rings (SSSR count). The van der Waals surface area contributed by atoms with E-state index in [4.69, 9.17) is 4.74 Å². The lowest BCUT2D eigenvalue weighted by molar-refractivity contribution is -0.115. The molecule has 1 aromatic carbocycles. The van der Waals surface area contributed by atoms with Crippen molar-refractivity contribution in [2.24, 2.45) is 0 Å². The minimum Gasteiger partial charge on any atom is -0.497 e. The van der Waals surface area contributed by atoms with E-state index < -0.39 is 0 Å². The number of amides is 1. The fourth-order valence-electron chi connectivity index (χ4n) is 2.84. The van der Waals surface area contributed by atoms with Gasteiger partial charge in [-0.1, -0.05) is 17.4 Å². The number of anilines is 1.